The summed E-state index contributed by atoms with van der Waals surface area (Å²) in [6.07, 6.45) is 0.801. The van der Waals surface area contributed by atoms with E-state index >= 15 is 0 Å². The zero-order valence-electron chi connectivity index (χ0n) is 8.41. The normalized spacial score (nSPS) is 12.2. The molecule has 0 fully saturated rings. The molecule has 1 atom stereocenters. The molecule has 0 saturated heterocycles. The third-order valence-electron chi connectivity index (χ3n) is 1.84. The lowest BCUT2D eigenvalue weighted by atomic mass is 10.1. The Morgan fingerprint density at radius 2 is 2.00 bits per heavy atom. The molecule has 0 aromatic heterocycles. The molecule has 0 aliphatic carbocycles. The van der Waals surface area contributed by atoms with E-state index < -0.39 is 11.9 Å². The summed E-state index contributed by atoms with van der Waals surface area (Å²) in [6.45, 7) is 4.30. The van der Waals surface area contributed by atoms with Gasteiger partial charge in [0.1, 0.15) is 0 Å². The van der Waals surface area contributed by atoms with Crippen LogP contribution in [0.1, 0.15) is 26.7 Å². The Morgan fingerprint density at radius 1 is 1.46 bits per heavy atom. The standard InChI is InChI=1S/C9H17NO3/c1-4-5-10(3)9(13)7(2)6-8(11)12/h7H,4-6H2,1-3H3,(H,11,12). The van der Waals surface area contributed by atoms with Crippen LogP contribution in [0.5, 0.6) is 0 Å². The first-order valence-corrected chi connectivity index (χ1v) is 4.45. The molecule has 0 saturated carbocycles. The van der Waals surface area contributed by atoms with E-state index in [9.17, 15) is 9.59 Å². The summed E-state index contributed by atoms with van der Waals surface area (Å²) in [5.41, 5.74) is 0. The van der Waals surface area contributed by atoms with Crippen LogP contribution in [0.3, 0.4) is 0 Å². The number of rotatable bonds is 5. The molecule has 0 radical (unpaired) electrons. The monoisotopic (exact) mass is 187 g/mol. The number of aliphatic carboxylic acids is 1. The average Bonchev–Trinajstić information content (AvgIpc) is 2.02. The summed E-state index contributed by atoms with van der Waals surface area (Å²) < 4.78 is 0. The fraction of sp³-hybridized carbons (Fsp3) is 0.778. The van der Waals surface area contributed by atoms with Crippen LogP contribution >= 0.6 is 0 Å². The predicted octanol–water partition coefficient (Wildman–Crippen LogP) is 0.966. The Balaban J connectivity index is 4.01. The number of hydrogen-bond donors (Lipinski definition) is 1. The lowest BCUT2D eigenvalue weighted by Crippen LogP contribution is -2.33. The van der Waals surface area contributed by atoms with Crippen molar-refractivity contribution < 1.29 is 14.7 Å². The van der Waals surface area contributed by atoms with E-state index in [1.165, 1.54) is 0 Å². The molecule has 0 aliphatic heterocycles. The van der Waals surface area contributed by atoms with Gasteiger partial charge in [0.15, 0.2) is 0 Å². The molecule has 1 amide bonds. The SMILES string of the molecule is CCCN(C)C(=O)C(C)CC(=O)O. The quantitative estimate of drug-likeness (QED) is 0.697. The van der Waals surface area contributed by atoms with Gasteiger partial charge < -0.3 is 10.0 Å². The van der Waals surface area contributed by atoms with Crippen LogP contribution in [-0.4, -0.2) is 35.5 Å². The van der Waals surface area contributed by atoms with Gasteiger partial charge in [-0.15, -0.1) is 0 Å². The first-order valence-electron chi connectivity index (χ1n) is 4.45. The summed E-state index contributed by atoms with van der Waals surface area (Å²) in [4.78, 5) is 23.3. The summed E-state index contributed by atoms with van der Waals surface area (Å²) in [7, 11) is 1.70. The molecule has 4 nitrogen and oxygen atoms in total. The third-order valence-corrected chi connectivity index (χ3v) is 1.84. The molecule has 4 heteroatoms. The van der Waals surface area contributed by atoms with E-state index in [0.29, 0.717) is 6.54 Å². The second kappa shape index (κ2) is 5.56. The van der Waals surface area contributed by atoms with Crippen LogP contribution < -0.4 is 0 Å². The highest BCUT2D eigenvalue weighted by molar-refractivity contribution is 5.82. The fourth-order valence-corrected chi connectivity index (χ4v) is 1.17. The molecule has 0 rings (SSSR count). The minimum absolute atomic E-state index is 0.0904. The molecule has 0 aromatic rings. The highest BCUT2D eigenvalue weighted by Crippen LogP contribution is 2.06. The van der Waals surface area contributed by atoms with Gasteiger partial charge in [-0.25, -0.2) is 0 Å². The summed E-state index contributed by atoms with van der Waals surface area (Å²) in [6, 6.07) is 0. The number of hydrogen-bond acceptors (Lipinski definition) is 2. The van der Waals surface area contributed by atoms with Gasteiger partial charge in [0.25, 0.3) is 0 Å². The van der Waals surface area contributed by atoms with Crippen LogP contribution in [0.15, 0.2) is 0 Å². The minimum Gasteiger partial charge on any atom is -0.481 e. The van der Waals surface area contributed by atoms with Crippen molar-refractivity contribution in [1.29, 1.82) is 0 Å². The fourth-order valence-electron chi connectivity index (χ4n) is 1.17. The van der Waals surface area contributed by atoms with E-state index in [0.717, 1.165) is 6.42 Å². The molecule has 0 spiro atoms. The van der Waals surface area contributed by atoms with Crippen LogP contribution in [0.4, 0.5) is 0 Å². The van der Waals surface area contributed by atoms with Crippen LogP contribution in [0.25, 0.3) is 0 Å². The average molecular weight is 187 g/mol. The first-order chi connectivity index (χ1) is 5.99. The Labute approximate surface area is 78.5 Å². The molecular formula is C9H17NO3. The zero-order chi connectivity index (χ0) is 10.4. The van der Waals surface area contributed by atoms with Crippen molar-refractivity contribution in [2.75, 3.05) is 13.6 Å². The smallest absolute Gasteiger partial charge is 0.304 e. The molecule has 0 aliphatic rings. The van der Waals surface area contributed by atoms with Crippen molar-refractivity contribution in [2.24, 2.45) is 5.92 Å². The van der Waals surface area contributed by atoms with E-state index in [1.807, 2.05) is 6.92 Å². The van der Waals surface area contributed by atoms with E-state index in [-0.39, 0.29) is 12.3 Å². The maximum absolute atomic E-state index is 11.4. The molecular weight excluding hydrogens is 170 g/mol. The zero-order valence-corrected chi connectivity index (χ0v) is 8.41. The lowest BCUT2D eigenvalue weighted by molar-refractivity contribution is -0.143. The number of amides is 1. The van der Waals surface area contributed by atoms with E-state index in [4.69, 9.17) is 5.11 Å². The van der Waals surface area contributed by atoms with Gasteiger partial charge in [-0.2, -0.15) is 0 Å². The Morgan fingerprint density at radius 3 is 2.38 bits per heavy atom. The highest BCUT2D eigenvalue weighted by atomic mass is 16.4. The second-order valence-electron chi connectivity index (χ2n) is 3.26. The van der Waals surface area contributed by atoms with Crippen molar-refractivity contribution in [2.45, 2.75) is 26.7 Å². The highest BCUT2D eigenvalue weighted by Gasteiger charge is 2.19. The van der Waals surface area contributed by atoms with Crippen molar-refractivity contribution in [3.63, 3.8) is 0 Å². The van der Waals surface area contributed by atoms with Crippen LogP contribution in [0, 0.1) is 5.92 Å². The van der Waals surface area contributed by atoms with Gasteiger partial charge in [-0.3, -0.25) is 9.59 Å². The first kappa shape index (κ1) is 11.9. The van der Waals surface area contributed by atoms with Gasteiger partial charge in [-0.1, -0.05) is 13.8 Å². The molecule has 13 heavy (non-hydrogen) atoms. The molecule has 0 bridgehead atoms. The maximum Gasteiger partial charge on any atom is 0.304 e. The predicted molar refractivity (Wildman–Crippen MR) is 49.3 cm³/mol. The largest absolute Gasteiger partial charge is 0.481 e. The van der Waals surface area contributed by atoms with Crippen molar-refractivity contribution in [3.05, 3.63) is 0 Å². The number of carbonyl (C=O) groups is 2. The lowest BCUT2D eigenvalue weighted by Gasteiger charge is -2.19. The maximum atomic E-state index is 11.4. The number of carboxylic acid groups (broad SMARTS) is 1. The Hall–Kier alpha value is -1.06. The van der Waals surface area contributed by atoms with E-state index in [2.05, 4.69) is 0 Å². The molecule has 76 valence electrons. The molecule has 0 aromatic carbocycles. The van der Waals surface area contributed by atoms with Gasteiger partial charge in [0.2, 0.25) is 5.91 Å². The van der Waals surface area contributed by atoms with Crippen molar-refractivity contribution >= 4 is 11.9 Å². The minimum atomic E-state index is -0.925. The van der Waals surface area contributed by atoms with Gasteiger partial charge >= 0.3 is 5.97 Å². The van der Waals surface area contributed by atoms with Crippen molar-refractivity contribution in [1.82, 2.24) is 4.90 Å². The molecule has 1 N–H and O–H groups in total. The van der Waals surface area contributed by atoms with Gasteiger partial charge in [-0.05, 0) is 6.42 Å². The van der Waals surface area contributed by atoms with Gasteiger partial charge in [0.05, 0.1) is 6.42 Å². The van der Waals surface area contributed by atoms with Crippen LogP contribution in [0.2, 0.25) is 0 Å². The topological polar surface area (TPSA) is 57.6 Å². The summed E-state index contributed by atoms with van der Waals surface area (Å²) >= 11 is 0. The molecule has 1 unspecified atom stereocenters. The molecule has 0 heterocycles. The Kier molecular flexibility index (Phi) is 5.11. The Bertz CT molecular complexity index is 191. The summed E-state index contributed by atoms with van der Waals surface area (Å²) in [5.74, 6) is -1.44. The van der Waals surface area contributed by atoms with Crippen LogP contribution in [-0.2, 0) is 9.59 Å². The van der Waals surface area contributed by atoms with E-state index in [1.54, 1.807) is 18.9 Å². The number of carbonyl (C=O) groups excluding carboxylic acids is 1. The number of carboxylic acids is 1. The van der Waals surface area contributed by atoms with Gasteiger partial charge in [0, 0.05) is 19.5 Å². The summed E-state index contributed by atoms with van der Waals surface area (Å²) in [5, 5.41) is 8.47. The third kappa shape index (κ3) is 4.50. The number of nitrogens with zero attached hydrogens (tertiary/aromatic N) is 1. The second-order valence-corrected chi connectivity index (χ2v) is 3.26. The van der Waals surface area contributed by atoms with Crippen molar-refractivity contribution in [3.8, 4) is 0 Å².